The Labute approximate surface area is 99.7 Å². The second kappa shape index (κ2) is 5.60. The molecule has 2 rings (SSSR count). The maximum absolute atomic E-state index is 12.2. The molecule has 0 bridgehead atoms. The van der Waals surface area contributed by atoms with Crippen LogP contribution < -0.4 is 5.73 Å². The lowest BCUT2D eigenvalue weighted by molar-refractivity contribution is 0.444. The van der Waals surface area contributed by atoms with Crippen molar-refractivity contribution in [2.75, 3.05) is 0 Å². The lowest BCUT2D eigenvalue weighted by atomic mass is 9.96. The topological polar surface area (TPSA) is 43.1 Å². The van der Waals surface area contributed by atoms with Crippen LogP contribution in [-0.2, 0) is 16.6 Å². The number of hydrogen-bond acceptors (Lipinski definition) is 2. The highest BCUT2D eigenvalue weighted by atomic mass is 32.2. The van der Waals surface area contributed by atoms with Crippen LogP contribution >= 0.6 is 0 Å². The quantitative estimate of drug-likeness (QED) is 0.876. The average molecular weight is 237 g/mol. The average Bonchev–Trinajstić information content (AvgIpc) is 2.30. The summed E-state index contributed by atoms with van der Waals surface area (Å²) < 4.78 is 12.2. The summed E-state index contributed by atoms with van der Waals surface area (Å²) in [4.78, 5) is 0. The first-order valence-electron chi connectivity index (χ1n) is 5.92. The Morgan fingerprint density at radius 3 is 2.69 bits per heavy atom. The van der Waals surface area contributed by atoms with Crippen molar-refractivity contribution in [3.63, 3.8) is 0 Å². The summed E-state index contributed by atoms with van der Waals surface area (Å²) >= 11 is 0. The molecular formula is C13H19NOS. The summed E-state index contributed by atoms with van der Waals surface area (Å²) in [6.45, 7) is 0. The fourth-order valence-corrected chi connectivity index (χ4v) is 3.92. The van der Waals surface area contributed by atoms with Gasteiger partial charge < -0.3 is 5.73 Å². The van der Waals surface area contributed by atoms with Crippen molar-refractivity contribution in [2.45, 2.75) is 42.7 Å². The van der Waals surface area contributed by atoms with Crippen molar-refractivity contribution in [1.29, 1.82) is 0 Å². The zero-order chi connectivity index (χ0) is 11.4. The lowest BCUT2D eigenvalue weighted by Gasteiger charge is -2.25. The van der Waals surface area contributed by atoms with Crippen molar-refractivity contribution < 1.29 is 4.21 Å². The number of benzene rings is 1. The molecule has 2 nitrogen and oxygen atoms in total. The van der Waals surface area contributed by atoms with Crippen LogP contribution in [0.2, 0.25) is 0 Å². The molecule has 0 aromatic heterocycles. The maximum atomic E-state index is 12.2. The molecule has 0 radical (unpaired) electrons. The van der Waals surface area contributed by atoms with E-state index in [1.807, 2.05) is 30.3 Å². The van der Waals surface area contributed by atoms with Gasteiger partial charge in [0.15, 0.2) is 0 Å². The first-order valence-corrected chi connectivity index (χ1v) is 7.30. The molecule has 88 valence electrons. The number of rotatable bonds is 3. The summed E-state index contributed by atoms with van der Waals surface area (Å²) in [5.74, 6) is 0.679. The van der Waals surface area contributed by atoms with E-state index in [9.17, 15) is 4.21 Å². The minimum absolute atomic E-state index is 0.262. The zero-order valence-electron chi connectivity index (χ0n) is 9.47. The lowest BCUT2D eigenvalue weighted by Crippen LogP contribution is -2.33. The van der Waals surface area contributed by atoms with Gasteiger partial charge in [0, 0.05) is 27.8 Å². The zero-order valence-corrected chi connectivity index (χ0v) is 10.3. The van der Waals surface area contributed by atoms with Crippen LogP contribution in [0.4, 0.5) is 0 Å². The third kappa shape index (κ3) is 3.16. The largest absolute Gasteiger partial charge is 0.328 e. The molecule has 0 amide bonds. The second-order valence-corrected chi connectivity index (χ2v) is 6.28. The number of nitrogens with two attached hydrogens (primary N) is 1. The van der Waals surface area contributed by atoms with E-state index in [2.05, 4.69) is 0 Å². The van der Waals surface area contributed by atoms with Gasteiger partial charge in [-0.25, -0.2) is 0 Å². The van der Waals surface area contributed by atoms with E-state index in [0.29, 0.717) is 11.0 Å². The monoisotopic (exact) mass is 237 g/mol. The Kier molecular flexibility index (Phi) is 4.13. The summed E-state index contributed by atoms with van der Waals surface area (Å²) in [7, 11) is -0.758. The van der Waals surface area contributed by atoms with E-state index in [4.69, 9.17) is 5.73 Å². The predicted molar refractivity (Wildman–Crippen MR) is 68.5 cm³/mol. The van der Waals surface area contributed by atoms with Crippen LogP contribution in [0.15, 0.2) is 30.3 Å². The molecule has 0 heterocycles. The molecule has 0 aliphatic heterocycles. The van der Waals surface area contributed by atoms with Crippen LogP contribution in [0, 0.1) is 0 Å². The molecule has 1 aliphatic carbocycles. The summed E-state index contributed by atoms with van der Waals surface area (Å²) in [6.07, 6.45) is 4.23. The van der Waals surface area contributed by atoms with E-state index >= 15 is 0 Å². The van der Waals surface area contributed by atoms with Gasteiger partial charge in [0.05, 0.1) is 0 Å². The molecular weight excluding hydrogens is 218 g/mol. The highest BCUT2D eigenvalue weighted by Gasteiger charge is 2.23. The van der Waals surface area contributed by atoms with Gasteiger partial charge in [-0.2, -0.15) is 0 Å². The van der Waals surface area contributed by atoms with Gasteiger partial charge in [0.2, 0.25) is 0 Å². The molecule has 16 heavy (non-hydrogen) atoms. The van der Waals surface area contributed by atoms with Gasteiger partial charge in [0.25, 0.3) is 0 Å². The van der Waals surface area contributed by atoms with Gasteiger partial charge in [-0.15, -0.1) is 0 Å². The van der Waals surface area contributed by atoms with E-state index in [0.717, 1.165) is 25.7 Å². The normalized spacial score (nSPS) is 27.6. The Balaban J connectivity index is 1.93. The van der Waals surface area contributed by atoms with Crippen LogP contribution in [-0.4, -0.2) is 15.5 Å². The van der Waals surface area contributed by atoms with Gasteiger partial charge in [-0.05, 0) is 24.8 Å². The summed E-state index contributed by atoms with van der Waals surface area (Å²) in [6, 6.07) is 10.3. The molecule has 3 atom stereocenters. The van der Waals surface area contributed by atoms with Gasteiger partial charge in [-0.1, -0.05) is 36.8 Å². The molecule has 1 aliphatic rings. The summed E-state index contributed by atoms with van der Waals surface area (Å²) in [5.41, 5.74) is 7.09. The number of hydrogen-bond donors (Lipinski definition) is 1. The van der Waals surface area contributed by atoms with Crippen LogP contribution in [0.3, 0.4) is 0 Å². The first kappa shape index (κ1) is 11.8. The predicted octanol–water partition coefficient (Wildman–Crippen LogP) is 2.21. The Morgan fingerprint density at radius 2 is 2.00 bits per heavy atom. The Hall–Kier alpha value is -0.670. The van der Waals surface area contributed by atoms with Crippen LogP contribution in [0.25, 0.3) is 0 Å². The Morgan fingerprint density at radius 1 is 1.25 bits per heavy atom. The molecule has 1 aromatic carbocycles. The molecule has 1 fully saturated rings. The molecule has 0 saturated heterocycles. The van der Waals surface area contributed by atoms with E-state index in [-0.39, 0.29) is 6.04 Å². The second-order valence-electron chi connectivity index (χ2n) is 4.56. The fourth-order valence-electron chi connectivity index (χ4n) is 2.28. The smallest absolute Gasteiger partial charge is 0.0488 e. The van der Waals surface area contributed by atoms with E-state index < -0.39 is 10.8 Å². The fraction of sp³-hybridized carbons (Fsp3) is 0.538. The standard InChI is InChI=1S/C13H19NOS/c14-12-7-4-8-13(9-12)16(15)10-11-5-2-1-3-6-11/h1-3,5-6,12-13H,4,7-10,14H2. The van der Waals surface area contributed by atoms with Crippen molar-refractivity contribution in [3.05, 3.63) is 35.9 Å². The maximum Gasteiger partial charge on any atom is 0.0488 e. The van der Waals surface area contributed by atoms with Crippen LogP contribution in [0.5, 0.6) is 0 Å². The van der Waals surface area contributed by atoms with Gasteiger partial charge in [0.1, 0.15) is 0 Å². The SMILES string of the molecule is NC1CCCC(S(=O)Cc2ccccc2)C1. The first-order chi connectivity index (χ1) is 7.75. The van der Waals surface area contributed by atoms with Gasteiger partial charge in [-0.3, -0.25) is 4.21 Å². The van der Waals surface area contributed by atoms with Crippen molar-refractivity contribution in [2.24, 2.45) is 5.73 Å². The molecule has 3 heteroatoms. The molecule has 1 aromatic rings. The van der Waals surface area contributed by atoms with Crippen molar-refractivity contribution in [3.8, 4) is 0 Å². The molecule has 3 unspecified atom stereocenters. The molecule has 1 saturated carbocycles. The van der Waals surface area contributed by atoms with Crippen molar-refractivity contribution >= 4 is 10.8 Å². The summed E-state index contributed by atoms with van der Waals surface area (Å²) in [5, 5.41) is 0.309. The Bertz CT molecular complexity index is 352. The van der Waals surface area contributed by atoms with E-state index in [1.165, 1.54) is 5.56 Å². The minimum atomic E-state index is -0.758. The highest BCUT2D eigenvalue weighted by molar-refractivity contribution is 7.84. The van der Waals surface area contributed by atoms with Crippen LogP contribution in [0.1, 0.15) is 31.2 Å². The third-order valence-corrected chi connectivity index (χ3v) is 4.98. The highest BCUT2D eigenvalue weighted by Crippen LogP contribution is 2.23. The van der Waals surface area contributed by atoms with Gasteiger partial charge >= 0.3 is 0 Å². The molecule has 2 N–H and O–H groups in total. The molecule has 0 spiro atoms. The van der Waals surface area contributed by atoms with E-state index in [1.54, 1.807) is 0 Å². The van der Waals surface area contributed by atoms with Crippen molar-refractivity contribution in [1.82, 2.24) is 0 Å². The minimum Gasteiger partial charge on any atom is -0.328 e. The third-order valence-electron chi connectivity index (χ3n) is 3.19.